The number of anilines is 2. The summed E-state index contributed by atoms with van der Waals surface area (Å²) in [5, 5.41) is 3.74. The van der Waals surface area contributed by atoms with Crippen LogP contribution in [0.3, 0.4) is 0 Å². The highest BCUT2D eigenvalue weighted by Gasteiger charge is 2.32. The molecule has 1 saturated heterocycles. The molecule has 0 atom stereocenters. The van der Waals surface area contributed by atoms with Gasteiger partial charge < -0.3 is 19.9 Å². The molecule has 5 nitrogen and oxygen atoms in total. The Labute approximate surface area is 171 Å². The Morgan fingerprint density at radius 2 is 1.90 bits per heavy atom. The lowest BCUT2D eigenvalue weighted by Gasteiger charge is -2.31. The van der Waals surface area contributed by atoms with E-state index in [9.17, 15) is 18.0 Å². The number of rotatable bonds is 5. The Morgan fingerprint density at radius 1 is 1.13 bits per heavy atom. The highest BCUT2D eigenvalue weighted by molar-refractivity contribution is 5.95. The van der Waals surface area contributed by atoms with E-state index >= 15 is 0 Å². The van der Waals surface area contributed by atoms with Crippen LogP contribution in [0, 0.1) is 0 Å². The van der Waals surface area contributed by atoms with Crippen LogP contribution >= 0.6 is 0 Å². The zero-order valence-corrected chi connectivity index (χ0v) is 16.3. The number of aryl methyl sites for hydroxylation is 1. The van der Waals surface area contributed by atoms with Gasteiger partial charge in [-0.15, -0.1) is 0 Å². The fraction of sp³-hybridized carbons (Fsp3) is 0.318. The lowest BCUT2D eigenvalue weighted by atomic mass is 10.1. The number of morpholine rings is 1. The Morgan fingerprint density at radius 3 is 2.67 bits per heavy atom. The van der Waals surface area contributed by atoms with E-state index in [1.54, 1.807) is 0 Å². The van der Waals surface area contributed by atoms with E-state index in [4.69, 9.17) is 4.74 Å². The summed E-state index contributed by atoms with van der Waals surface area (Å²) in [6.07, 6.45) is -1.96. The number of carbonyl (C=O) groups is 1. The number of carbonyl (C=O) groups excluding carboxylic acids is 1. The average molecular weight is 417 g/mol. The van der Waals surface area contributed by atoms with E-state index in [2.05, 4.69) is 10.3 Å². The largest absolute Gasteiger partial charge is 0.416 e. The molecule has 2 aromatic carbocycles. The van der Waals surface area contributed by atoms with Crippen molar-refractivity contribution >= 4 is 28.2 Å². The number of halogens is 3. The van der Waals surface area contributed by atoms with Crippen molar-refractivity contribution in [3.05, 3.63) is 59.8 Å². The van der Waals surface area contributed by atoms with E-state index in [1.807, 2.05) is 35.4 Å². The van der Waals surface area contributed by atoms with Crippen molar-refractivity contribution < 1.29 is 22.7 Å². The molecule has 30 heavy (non-hydrogen) atoms. The zero-order valence-electron chi connectivity index (χ0n) is 16.3. The van der Waals surface area contributed by atoms with Crippen LogP contribution in [0.2, 0.25) is 0 Å². The minimum absolute atomic E-state index is 0.167. The second-order valence-corrected chi connectivity index (χ2v) is 7.24. The summed E-state index contributed by atoms with van der Waals surface area (Å²) in [4.78, 5) is 17.7. The number of para-hydroxylation sites is 1. The second-order valence-electron chi connectivity index (χ2n) is 7.24. The standard InChI is InChI=1S/C22H22F3N3O2/c23-22(24,25)16-6-7-20(28-9-11-30-12-10-28)19(13-16)27-21(29)8-5-15-14-26-18-4-2-1-3-17(15)18/h1-4,6-7,13-14,26H,5,8-12H2,(H,27,29). The van der Waals surface area contributed by atoms with Crippen LogP contribution in [-0.2, 0) is 22.1 Å². The van der Waals surface area contributed by atoms with Gasteiger partial charge in [-0.3, -0.25) is 4.79 Å². The molecule has 158 valence electrons. The maximum Gasteiger partial charge on any atom is 0.416 e. The SMILES string of the molecule is O=C(CCc1c[nH]c2ccccc12)Nc1cc(C(F)(F)F)ccc1N1CCOCC1. The normalized spacial score (nSPS) is 14.8. The van der Waals surface area contributed by atoms with E-state index in [0.29, 0.717) is 38.4 Å². The lowest BCUT2D eigenvalue weighted by Crippen LogP contribution is -2.36. The topological polar surface area (TPSA) is 57.4 Å². The highest BCUT2D eigenvalue weighted by Crippen LogP contribution is 2.36. The van der Waals surface area contributed by atoms with Gasteiger partial charge in [0.25, 0.3) is 0 Å². The van der Waals surface area contributed by atoms with Gasteiger partial charge in [-0.1, -0.05) is 18.2 Å². The molecule has 0 radical (unpaired) electrons. The Balaban J connectivity index is 1.51. The number of fused-ring (bicyclic) bond motifs is 1. The molecular weight excluding hydrogens is 395 g/mol. The third-order valence-electron chi connectivity index (χ3n) is 5.25. The van der Waals surface area contributed by atoms with Gasteiger partial charge >= 0.3 is 6.18 Å². The first-order valence-electron chi connectivity index (χ1n) is 9.80. The van der Waals surface area contributed by atoms with Crippen molar-refractivity contribution in [3.63, 3.8) is 0 Å². The van der Waals surface area contributed by atoms with Gasteiger partial charge in [0.15, 0.2) is 0 Å². The molecule has 1 aliphatic heterocycles. The first kappa shape index (κ1) is 20.3. The number of H-pyrrole nitrogens is 1. The summed E-state index contributed by atoms with van der Waals surface area (Å²) in [6.45, 7) is 2.11. The van der Waals surface area contributed by atoms with Crippen molar-refractivity contribution in [3.8, 4) is 0 Å². The first-order chi connectivity index (χ1) is 14.4. The van der Waals surface area contributed by atoms with Gasteiger partial charge in [-0.25, -0.2) is 0 Å². The summed E-state index contributed by atoms with van der Waals surface area (Å²) in [5.41, 5.74) is 1.95. The van der Waals surface area contributed by atoms with E-state index in [1.165, 1.54) is 6.07 Å². The third-order valence-corrected chi connectivity index (χ3v) is 5.25. The third kappa shape index (κ3) is 4.43. The number of aromatic nitrogens is 1. The molecule has 0 unspecified atom stereocenters. The number of benzene rings is 2. The number of amides is 1. The van der Waals surface area contributed by atoms with Crippen LogP contribution in [-0.4, -0.2) is 37.2 Å². The molecule has 1 aromatic heterocycles. The number of alkyl halides is 3. The Bertz CT molecular complexity index is 1040. The number of nitrogens with one attached hydrogen (secondary N) is 2. The molecule has 4 rings (SSSR count). The maximum atomic E-state index is 13.2. The molecule has 0 bridgehead atoms. The number of aromatic amines is 1. The van der Waals surface area contributed by atoms with Gasteiger partial charge in [-0.2, -0.15) is 13.2 Å². The average Bonchev–Trinajstić information content (AvgIpc) is 3.15. The number of ether oxygens (including phenoxy) is 1. The molecule has 0 spiro atoms. The van der Waals surface area contributed by atoms with Crippen LogP contribution in [0.4, 0.5) is 24.5 Å². The molecule has 1 aliphatic rings. The van der Waals surface area contributed by atoms with Crippen LogP contribution in [0.25, 0.3) is 10.9 Å². The van der Waals surface area contributed by atoms with Gasteiger partial charge in [0.2, 0.25) is 5.91 Å². The molecule has 2 heterocycles. The van der Waals surface area contributed by atoms with Gasteiger partial charge in [0.1, 0.15) is 0 Å². The van der Waals surface area contributed by atoms with Gasteiger partial charge in [-0.05, 0) is 36.2 Å². The van der Waals surface area contributed by atoms with E-state index in [-0.39, 0.29) is 18.0 Å². The van der Waals surface area contributed by atoms with Gasteiger partial charge in [0.05, 0.1) is 30.2 Å². The summed E-state index contributed by atoms with van der Waals surface area (Å²) in [7, 11) is 0. The highest BCUT2D eigenvalue weighted by atomic mass is 19.4. The van der Waals surface area contributed by atoms with Crippen molar-refractivity contribution in [2.45, 2.75) is 19.0 Å². The molecule has 0 aliphatic carbocycles. The Kier molecular flexibility index (Phi) is 5.67. The van der Waals surface area contributed by atoms with Crippen molar-refractivity contribution in [2.75, 3.05) is 36.5 Å². The first-order valence-corrected chi connectivity index (χ1v) is 9.80. The fourth-order valence-electron chi connectivity index (χ4n) is 3.69. The number of hydrogen-bond acceptors (Lipinski definition) is 3. The molecule has 1 fully saturated rings. The molecule has 8 heteroatoms. The molecule has 1 amide bonds. The summed E-state index contributed by atoms with van der Waals surface area (Å²) < 4.78 is 45.0. The zero-order chi connectivity index (χ0) is 21.1. The smallest absolute Gasteiger partial charge is 0.378 e. The lowest BCUT2D eigenvalue weighted by molar-refractivity contribution is -0.137. The van der Waals surface area contributed by atoms with Crippen LogP contribution in [0.15, 0.2) is 48.7 Å². The predicted octanol–water partition coefficient (Wildman–Crippen LogP) is 4.59. The van der Waals surface area contributed by atoms with Crippen LogP contribution in [0.1, 0.15) is 17.5 Å². The molecule has 2 N–H and O–H groups in total. The Hall–Kier alpha value is -3.00. The maximum absolute atomic E-state index is 13.2. The quantitative estimate of drug-likeness (QED) is 0.638. The van der Waals surface area contributed by atoms with E-state index < -0.39 is 11.7 Å². The van der Waals surface area contributed by atoms with Crippen molar-refractivity contribution in [1.82, 2.24) is 4.98 Å². The fourth-order valence-corrected chi connectivity index (χ4v) is 3.69. The van der Waals surface area contributed by atoms with Crippen LogP contribution < -0.4 is 10.2 Å². The molecular formula is C22H22F3N3O2. The van der Waals surface area contributed by atoms with Gasteiger partial charge in [0, 0.05) is 36.6 Å². The number of nitrogens with zero attached hydrogens (tertiary/aromatic N) is 1. The number of hydrogen-bond donors (Lipinski definition) is 2. The minimum atomic E-state index is -4.48. The molecule has 0 saturated carbocycles. The predicted molar refractivity (Wildman–Crippen MR) is 110 cm³/mol. The summed E-state index contributed by atoms with van der Waals surface area (Å²) >= 11 is 0. The van der Waals surface area contributed by atoms with Crippen molar-refractivity contribution in [1.29, 1.82) is 0 Å². The van der Waals surface area contributed by atoms with E-state index in [0.717, 1.165) is 28.6 Å². The second kappa shape index (κ2) is 8.39. The summed E-state index contributed by atoms with van der Waals surface area (Å²) in [5.74, 6) is -0.325. The molecule has 3 aromatic rings. The van der Waals surface area contributed by atoms with Crippen LogP contribution in [0.5, 0.6) is 0 Å². The summed E-state index contributed by atoms with van der Waals surface area (Å²) in [6, 6.07) is 11.3. The van der Waals surface area contributed by atoms with Crippen molar-refractivity contribution in [2.24, 2.45) is 0 Å². The monoisotopic (exact) mass is 417 g/mol. The minimum Gasteiger partial charge on any atom is -0.378 e.